The van der Waals surface area contributed by atoms with Gasteiger partial charge in [-0.1, -0.05) is 30.5 Å². The highest BCUT2D eigenvalue weighted by Gasteiger charge is 2.17. The van der Waals surface area contributed by atoms with Gasteiger partial charge in [-0.25, -0.2) is 18.0 Å². The number of anilines is 1. The predicted molar refractivity (Wildman–Crippen MR) is 116 cm³/mol. The number of halogens is 4. The van der Waals surface area contributed by atoms with E-state index in [1.165, 1.54) is 23.9 Å². The third-order valence-electron chi connectivity index (χ3n) is 4.26. The van der Waals surface area contributed by atoms with Crippen molar-refractivity contribution >= 4 is 40.9 Å². The van der Waals surface area contributed by atoms with Crippen LogP contribution in [0.25, 0.3) is 0 Å². The summed E-state index contributed by atoms with van der Waals surface area (Å²) in [6, 6.07) is 5.93. The van der Waals surface area contributed by atoms with Gasteiger partial charge in [0.2, 0.25) is 0 Å². The number of aliphatic carboxylic acids is 1. The third-order valence-corrected chi connectivity index (χ3v) is 6.03. The van der Waals surface area contributed by atoms with E-state index in [0.717, 1.165) is 18.9 Å². The lowest BCUT2D eigenvalue weighted by Crippen LogP contribution is -2.13. The molecule has 1 amide bonds. The summed E-state index contributed by atoms with van der Waals surface area (Å²) in [6.07, 6.45) is 3.37. The van der Waals surface area contributed by atoms with Crippen molar-refractivity contribution < 1.29 is 27.9 Å². The number of carboxylic acid groups (broad SMARTS) is 1. The van der Waals surface area contributed by atoms with Crippen molar-refractivity contribution in [3.8, 4) is 0 Å². The smallest absolute Gasteiger partial charge is 0.328 e. The summed E-state index contributed by atoms with van der Waals surface area (Å²) in [4.78, 5) is 24.0. The molecule has 0 fully saturated rings. The molecule has 0 aromatic heterocycles. The maximum absolute atomic E-state index is 13.4. The first-order valence-corrected chi connectivity index (χ1v) is 10.7. The maximum atomic E-state index is 13.4. The number of rotatable bonds is 9. The summed E-state index contributed by atoms with van der Waals surface area (Å²) < 4.78 is 39.9. The number of carboxylic acids is 1. The van der Waals surface area contributed by atoms with E-state index in [9.17, 15) is 22.8 Å². The standard InChI is InChI=1S/C22H21ClF3NO3S/c1-3-4-15(7-12(2)8-20(28)29)31-19-9-13(5-6-16(19)23)22(30)27-14-10-17(24)21(26)18(25)11-14/h5-6,8-11,15H,3-4,7H2,1-2H3,(H,27,30)(H,28,29)/b12-8-. The number of benzene rings is 2. The highest BCUT2D eigenvalue weighted by atomic mass is 35.5. The quantitative estimate of drug-likeness (QED) is 0.243. The van der Waals surface area contributed by atoms with Crippen LogP contribution in [0.2, 0.25) is 5.02 Å². The van der Waals surface area contributed by atoms with Crippen molar-refractivity contribution in [2.24, 2.45) is 0 Å². The van der Waals surface area contributed by atoms with Crippen molar-refractivity contribution in [1.82, 2.24) is 0 Å². The van der Waals surface area contributed by atoms with Crippen molar-refractivity contribution in [2.75, 3.05) is 5.32 Å². The van der Waals surface area contributed by atoms with Crippen molar-refractivity contribution in [3.63, 3.8) is 0 Å². The van der Waals surface area contributed by atoms with E-state index in [-0.39, 0.29) is 16.5 Å². The summed E-state index contributed by atoms with van der Waals surface area (Å²) in [5.74, 6) is -6.08. The number of carbonyl (C=O) groups is 2. The summed E-state index contributed by atoms with van der Waals surface area (Å²) in [5, 5.41) is 11.7. The zero-order chi connectivity index (χ0) is 23.1. The third kappa shape index (κ3) is 7.33. The first-order valence-electron chi connectivity index (χ1n) is 9.42. The van der Waals surface area contributed by atoms with Crippen LogP contribution in [-0.2, 0) is 4.79 Å². The second-order valence-corrected chi connectivity index (χ2v) is 8.66. The van der Waals surface area contributed by atoms with Crippen LogP contribution >= 0.6 is 23.4 Å². The summed E-state index contributed by atoms with van der Waals surface area (Å²) in [5.41, 5.74) is 0.692. The minimum Gasteiger partial charge on any atom is -0.478 e. The Bertz CT molecular complexity index is 990. The average molecular weight is 472 g/mol. The van der Waals surface area contributed by atoms with Gasteiger partial charge in [0.25, 0.3) is 5.91 Å². The Morgan fingerprint density at radius 1 is 1.19 bits per heavy atom. The first-order chi connectivity index (χ1) is 14.6. The second kappa shape index (κ2) is 11.2. The Kier molecular flexibility index (Phi) is 9.00. The highest BCUT2D eigenvalue weighted by Crippen LogP contribution is 2.36. The molecule has 2 aromatic carbocycles. The molecule has 0 heterocycles. The number of hydrogen-bond donors (Lipinski definition) is 2. The number of nitrogens with one attached hydrogen (secondary N) is 1. The Labute approximate surface area is 187 Å². The topological polar surface area (TPSA) is 66.4 Å². The van der Waals surface area contributed by atoms with Gasteiger partial charge in [-0.2, -0.15) is 0 Å². The van der Waals surface area contributed by atoms with Gasteiger partial charge < -0.3 is 10.4 Å². The minimum absolute atomic E-state index is 0.0386. The molecule has 0 saturated carbocycles. The maximum Gasteiger partial charge on any atom is 0.328 e. The van der Waals surface area contributed by atoms with Gasteiger partial charge in [-0.15, -0.1) is 11.8 Å². The summed E-state index contributed by atoms with van der Waals surface area (Å²) >= 11 is 7.71. The molecule has 9 heteroatoms. The molecular weight excluding hydrogens is 451 g/mol. The van der Waals surface area contributed by atoms with Crippen molar-refractivity contribution in [2.45, 2.75) is 43.3 Å². The fourth-order valence-electron chi connectivity index (χ4n) is 2.90. The van der Waals surface area contributed by atoms with Gasteiger partial charge in [0.05, 0.1) is 5.02 Å². The van der Waals surface area contributed by atoms with Crippen molar-refractivity contribution in [1.29, 1.82) is 0 Å². The van der Waals surface area contributed by atoms with Gasteiger partial charge in [0, 0.05) is 39.6 Å². The predicted octanol–water partition coefficient (Wildman–Crippen LogP) is 6.69. The van der Waals surface area contributed by atoms with Gasteiger partial charge in [-0.3, -0.25) is 4.79 Å². The van der Waals surface area contributed by atoms with Crippen LogP contribution in [0.4, 0.5) is 18.9 Å². The van der Waals surface area contributed by atoms with Crippen LogP contribution in [0, 0.1) is 17.5 Å². The molecule has 4 nitrogen and oxygen atoms in total. The SMILES string of the molecule is CCCC(C/C(C)=C\C(=O)O)Sc1cc(C(=O)Nc2cc(F)c(F)c(F)c2)ccc1Cl. The second-order valence-electron chi connectivity index (χ2n) is 6.91. The molecule has 0 bridgehead atoms. The van der Waals surface area contributed by atoms with Crippen LogP contribution in [0.3, 0.4) is 0 Å². The molecular formula is C22H21ClF3NO3S. The number of thioether (sulfide) groups is 1. The van der Waals surface area contributed by atoms with Gasteiger partial charge in [-0.05, 0) is 38.0 Å². The molecule has 0 aliphatic heterocycles. The van der Waals surface area contributed by atoms with Crippen LogP contribution in [0.5, 0.6) is 0 Å². The van der Waals surface area contributed by atoms with Gasteiger partial charge >= 0.3 is 5.97 Å². The van der Waals surface area contributed by atoms with Gasteiger partial charge in [0.15, 0.2) is 17.5 Å². The Balaban J connectivity index is 2.21. The van der Waals surface area contributed by atoms with E-state index < -0.39 is 29.3 Å². The van der Waals surface area contributed by atoms with E-state index >= 15 is 0 Å². The first kappa shape index (κ1) is 24.8. The fourth-order valence-corrected chi connectivity index (χ4v) is 4.58. The largest absolute Gasteiger partial charge is 0.478 e. The molecule has 0 spiro atoms. The molecule has 1 atom stereocenters. The van der Waals surface area contributed by atoms with Gasteiger partial charge in [0.1, 0.15) is 0 Å². The van der Waals surface area contributed by atoms with E-state index in [0.29, 0.717) is 34.0 Å². The lowest BCUT2D eigenvalue weighted by molar-refractivity contribution is -0.131. The summed E-state index contributed by atoms with van der Waals surface area (Å²) in [7, 11) is 0. The molecule has 2 rings (SSSR count). The zero-order valence-electron chi connectivity index (χ0n) is 16.8. The molecule has 0 saturated heterocycles. The number of carbonyl (C=O) groups excluding carboxylic acids is 1. The van der Waals surface area contributed by atoms with Crippen LogP contribution in [-0.4, -0.2) is 22.2 Å². The Hall–Kier alpha value is -2.45. The summed E-state index contributed by atoms with van der Waals surface area (Å²) in [6.45, 7) is 3.75. The molecule has 1 unspecified atom stereocenters. The molecule has 2 aromatic rings. The van der Waals surface area contributed by atoms with Crippen molar-refractivity contribution in [3.05, 3.63) is 70.0 Å². The Morgan fingerprint density at radius 2 is 1.84 bits per heavy atom. The average Bonchev–Trinajstić information content (AvgIpc) is 2.67. The molecule has 0 aliphatic rings. The Morgan fingerprint density at radius 3 is 2.42 bits per heavy atom. The molecule has 166 valence electrons. The normalized spacial score (nSPS) is 12.5. The van der Waals surface area contributed by atoms with E-state index in [4.69, 9.17) is 16.7 Å². The van der Waals surface area contributed by atoms with Crippen LogP contribution < -0.4 is 5.32 Å². The number of hydrogen-bond acceptors (Lipinski definition) is 3. The number of amides is 1. The van der Waals surface area contributed by atoms with Crippen LogP contribution in [0.1, 0.15) is 43.5 Å². The minimum atomic E-state index is -1.61. The van der Waals surface area contributed by atoms with E-state index in [1.54, 1.807) is 13.0 Å². The zero-order valence-corrected chi connectivity index (χ0v) is 18.4. The van der Waals surface area contributed by atoms with E-state index in [2.05, 4.69) is 5.32 Å². The molecule has 0 radical (unpaired) electrons. The fraction of sp³-hybridized carbons (Fsp3) is 0.273. The molecule has 2 N–H and O–H groups in total. The molecule has 0 aliphatic carbocycles. The highest BCUT2D eigenvalue weighted by molar-refractivity contribution is 8.00. The van der Waals surface area contributed by atoms with Crippen LogP contribution in [0.15, 0.2) is 46.9 Å². The lowest BCUT2D eigenvalue weighted by atomic mass is 10.1. The van der Waals surface area contributed by atoms with E-state index in [1.807, 2.05) is 6.92 Å². The molecule has 31 heavy (non-hydrogen) atoms. The number of allylic oxidation sites excluding steroid dienone is 1. The monoisotopic (exact) mass is 471 g/mol. The lowest BCUT2D eigenvalue weighted by Gasteiger charge is -2.17.